The average Bonchev–Trinajstić information content (AvgIpc) is 2.48. The Morgan fingerprint density at radius 1 is 1.15 bits per heavy atom. The van der Waals surface area contributed by atoms with E-state index in [0.29, 0.717) is 12.5 Å². The summed E-state index contributed by atoms with van der Waals surface area (Å²) in [6.07, 6.45) is 1.12. The van der Waals surface area contributed by atoms with Gasteiger partial charge in [-0.3, -0.25) is 0 Å². The minimum absolute atomic E-state index is 0.159. The molecule has 1 unspecified atom stereocenters. The lowest BCUT2D eigenvalue weighted by Gasteiger charge is -2.11. The van der Waals surface area contributed by atoms with Crippen molar-refractivity contribution in [3.05, 3.63) is 59.4 Å². The molecule has 0 amide bonds. The summed E-state index contributed by atoms with van der Waals surface area (Å²) in [7, 11) is 0. The summed E-state index contributed by atoms with van der Waals surface area (Å²) >= 11 is 0. The first-order valence-electron chi connectivity index (χ1n) is 6.86. The second kappa shape index (κ2) is 6.42. The van der Waals surface area contributed by atoms with Crippen molar-refractivity contribution in [3.8, 4) is 5.75 Å². The van der Waals surface area contributed by atoms with Gasteiger partial charge < -0.3 is 10.5 Å². The van der Waals surface area contributed by atoms with E-state index in [1.165, 1.54) is 11.6 Å². The first kappa shape index (κ1) is 14.4. The van der Waals surface area contributed by atoms with Gasteiger partial charge in [0.2, 0.25) is 0 Å². The van der Waals surface area contributed by atoms with Crippen molar-refractivity contribution in [1.29, 1.82) is 0 Å². The molecule has 0 aliphatic rings. The van der Waals surface area contributed by atoms with E-state index < -0.39 is 5.82 Å². The standard InChI is InChI=1S/C17H20FNO/c1-3-12(2)14-5-7-15(8-6-14)20-11-13-4-9-17(19)16(18)10-13/h4-10,12H,3,11,19H2,1-2H3. The van der Waals surface area contributed by atoms with E-state index in [1.807, 2.05) is 12.1 Å². The largest absolute Gasteiger partial charge is 0.489 e. The molecule has 2 rings (SSSR count). The van der Waals surface area contributed by atoms with E-state index in [4.69, 9.17) is 10.5 Å². The van der Waals surface area contributed by atoms with Crippen molar-refractivity contribution in [3.63, 3.8) is 0 Å². The Kier molecular flexibility index (Phi) is 4.61. The highest BCUT2D eigenvalue weighted by Crippen LogP contribution is 2.22. The van der Waals surface area contributed by atoms with Gasteiger partial charge in [-0.05, 0) is 47.7 Å². The zero-order valence-corrected chi connectivity index (χ0v) is 11.9. The summed E-state index contributed by atoms with van der Waals surface area (Å²) in [5.74, 6) is 0.933. The Morgan fingerprint density at radius 2 is 1.85 bits per heavy atom. The highest BCUT2D eigenvalue weighted by Gasteiger charge is 2.04. The molecule has 0 spiro atoms. The number of hydrogen-bond acceptors (Lipinski definition) is 2. The molecule has 0 saturated carbocycles. The fourth-order valence-electron chi connectivity index (χ4n) is 1.96. The monoisotopic (exact) mass is 273 g/mol. The molecule has 3 heteroatoms. The van der Waals surface area contributed by atoms with Crippen molar-refractivity contribution < 1.29 is 9.13 Å². The molecular weight excluding hydrogens is 253 g/mol. The van der Waals surface area contributed by atoms with Crippen LogP contribution in [-0.2, 0) is 6.61 Å². The molecule has 0 aromatic heterocycles. The molecule has 20 heavy (non-hydrogen) atoms. The molecule has 0 aliphatic heterocycles. The van der Waals surface area contributed by atoms with Crippen LogP contribution in [0.3, 0.4) is 0 Å². The van der Waals surface area contributed by atoms with Crippen LogP contribution in [0.15, 0.2) is 42.5 Å². The number of rotatable bonds is 5. The van der Waals surface area contributed by atoms with Gasteiger partial charge in [-0.2, -0.15) is 0 Å². The summed E-state index contributed by atoms with van der Waals surface area (Å²) in [5.41, 5.74) is 7.67. The predicted molar refractivity (Wildman–Crippen MR) is 80.3 cm³/mol. The number of benzene rings is 2. The summed E-state index contributed by atoms with van der Waals surface area (Å²) < 4.78 is 19.0. The van der Waals surface area contributed by atoms with Crippen LogP contribution in [0.25, 0.3) is 0 Å². The van der Waals surface area contributed by atoms with Crippen LogP contribution in [0.2, 0.25) is 0 Å². The van der Waals surface area contributed by atoms with Crippen molar-refractivity contribution >= 4 is 5.69 Å². The van der Waals surface area contributed by atoms with Gasteiger partial charge >= 0.3 is 0 Å². The normalized spacial score (nSPS) is 12.2. The molecule has 0 bridgehead atoms. The number of ether oxygens (including phenoxy) is 1. The van der Waals surface area contributed by atoms with E-state index >= 15 is 0 Å². The predicted octanol–water partition coefficient (Wildman–Crippen LogP) is 4.50. The SMILES string of the molecule is CCC(C)c1ccc(OCc2ccc(N)c(F)c2)cc1. The molecule has 0 aliphatic carbocycles. The van der Waals surface area contributed by atoms with Crippen LogP contribution in [0, 0.1) is 5.82 Å². The topological polar surface area (TPSA) is 35.2 Å². The number of anilines is 1. The molecule has 0 radical (unpaired) electrons. The van der Waals surface area contributed by atoms with Gasteiger partial charge in [0, 0.05) is 0 Å². The highest BCUT2D eigenvalue weighted by atomic mass is 19.1. The van der Waals surface area contributed by atoms with E-state index in [-0.39, 0.29) is 5.69 Å². The molecule has 0 fully saturated rings. The van der Waals surface area contributed by atoms with Gasteiger partial charge in [0.1, 0.15) is 18.2 Å². The lowest BCUT2D eigenvalue weighted by atomic mass is 9.99. The smallest absolute Gasteiger partial charge is 0.146 e. The fourth-order valence-corrected chi connectivity index (χ4v) is 1.96. The van der Waals surface area contributed by atoms with E-state index in [0.717, 1.165) is 17.7 Å². The summed E-state index contributed by atoms with van der Waals surface area (Å²) in [6, 6.07) is 12.8. The highest BCUT2D eigenvalue weighted by molar-refractivity contribution is 5.41. The fraction of sp³-hybridized carbons (Fsp3) is 0.294. The van der Waals surface area contributed by atoms with Crippen molar-refractivity contribution in [1.82, 2.24) is 0 Å². The van der Waals surface area contributed by atoms with E-state index in [2.05, 4.69) is 26.0 Å². The van der Waals surface area contributed by atoms with Gasteiger partial charge in [-0.1, -0.05) is 32.0 Å². The molecule has 0 saturated heterocycles. The molecule has 2 N–H and O–H groups in total. The third-order valence-electron chi connectivity index (χ3n) is 3.53. The number of nitrogen functional groups attached to an aromatic ring is 1. The minimum atomic E-state index is -0.404. The molecule has 1 atom stereocenters. The maximum atomic E-state index is 13.3. The van der Waals surface area contributed by atoms with Crippen LogP contribution >= 0.6 is 0 Å². The number of halogens is 1. The molecule has 2 aromatic rings. The quantitative estimate of drug-likeness (QED) is 0.814. The first-order valence-corrected chi connectivity index (χ1v) is 6.86. The van der Waals surface area contributed by atoms with Crippen molar-refractivity contribution in [2.45, 2.75) is 32.8 Å². The summed E-state index contributed by atoms with van der Waals surface area (Å²) in [5, 5.41) is 0. The maximum Gasteiger partial charge on any atom is 0.146 e. The molecule has 106 valence electrons. The van der Waals surface area contributed by atoms with Gasteiger partial charge in [-0.15, -0.1) is 0 Å². The third-order valence-corrected chi connectivity index (χ3v) is 3.53. The number of nitrogens with two attached hydrogens (primary N) is 1. The van der Waals surface area contributed by atoms with E-state index in [9.17, 15) is 4.39 Å². The Balaban J connectivity index is 1.98. The van der Waals surface area contributed by atoms with Crippen LogP contribution in [0.5, 0.6) is 5.75 Å². The van der Waals surface area contributed by atoms with Crippen LogP contribution in [0.4, 0.5) is 10.1 Å². The van der Waals surface area contributed by atoms with Gasteiger partial charge in [-0.25, -0.2) is 4.39 Å². The summed E-state index contributed by atoms with van der Waals surface area (Å²) in [4.78, 5) is 0. The van der Waals surface area contributed by atoms with Crippen LogP contribution < -0.4 is 10.5 Å². The third kappa shape index (κ3) is 3.50. The molecule has 0 heterocycles. The van der Waals surface area contributed by atoms with Crippen molar-refractivity contribution in [2.75, 3.05) is 5.73 Å². The lowest BCUT2D eigenvalue weighted by Crippen LogP contribution is -1.98. The van der Waals surface area contributed by atoms with E-state index in [1.54, 1.807) is 12.1 Å². The van der Waals surface area contributed by atoms with Crippen LogP contribution in [-0.4, -0.2) is 0 Å². The lowest BCUT2D eigenvalue weighted by molar-refractivity contribution is 0.305. The Hall–Kier alpha value is -2.03. The minimum Gasteiger partial charge on any atom is -0.489 e. The zero-order valence-electron chi connectivity index (χ0n) is 11.9. The van der Waals surface area contributed by atoms with Crippen LogP contribution in [0.1, 0.15) is 37.3 Å². The van der Waals surface area contributed by atoms with Gasteiger partial charge in [0.05, 0.1) is 5.69 Å². The Morgan fingerprint density at radius 3 is 2.45 bits per heavy atom. The first-order chi connectivity index (χ1) is 9.60. The molecule has 2 aromatic carbocycles. The zero-order chi connectivity index (χ0) is 14.5. The molecule has 2 nitrogen and oxygen atoms in total. The summed E-state index contributed by atoms with van der Waals surface area (Å²) in [6.45, 7) is 4.71. The van der Waals surface area contributed by atoms with Crippen molar-refractivity contribution in [2.24, 2.45) is 0 Å². The Labute approximate surface area is 119 Å². The second-order valence-corrected chi connectivity index (χ2v) is 5.02. The van der Waals surface area contributed by atoms with Gasteiger partial charge in [0.25, 0.3) is 0 Å². The van der Waals surface area contributed by atoms with Gasteiger partial charge in [0.15, 0.2) is 0 Å². The molecular formula is C17H20FNO. The number of hydrogen-bond donors (Lipinski definition) is 1. The second-order valence-electron chi connectivity index (χ2n) is 5.02. The maximum absolute atomic E-state index is 13.3. The average molecular weight is 273 g/mol. The Bertz CT molecular complexity index is 566.